The average Bonchev–Trinajstić information content (AvgIpc) is 3.05. The highest BCUT2D eigenvalue weighted by atomic mass is 16.3. The molecule has 3 heteroatoms. The van der Waals surface area contributed by atoms with Crippen LogP contribution in [-0.4, -0.2) is 41.5 Å². The average molecular weight is 402 g/mol. The van der Waals surface area contributed by atoms with E-state index in [4.69, 9.17) is 0 Å². The van der Waals surface area contributed by atoms with Crippen LogP contribution in [0.4, 0.5) is 0 Å². The molecule has 1 heterocycles. The Labute approximate surface area is 178 Å². The van der Waals surface area contributed by atoms with Crippen LogP contribution in [0.25, 0.3) is 0 Å². The Balaban J connectivity index is 1.27. The number of carbonyl (C=O) groups excluding carboxylic acids is 1. The van der Waals surface area contributed by atoms with Crippen LogP contribution in [0.15, 0.2) is 0 Å². The van der Waals surface area contributed by atoms with Gasteiger partial charge in [-0.25, -0.2) is 0 Å². The van der Waals surface area contributed by atoms with Gasteiger partial charge < -0.3 is 5.11 Å². The van der Waals surface area contributed by atoms with Crippen LogP contribution >= 0.6 is 0 Å². The molecule has 0 radical (unpaired) electrons. The monoisotopic (exact) mass is 401 g/mol. The van der Waals surface area contributed by atoms with E-state index in [1.807, 2.05) is 0 Å². The van der Waals surface area contributed by atoms with Crippen LogP contribution in [-0.2, 0) is 4.79 Å². The van der Waals surface area contributed by atoms with Crippen molar-refractivity contribution in [3.63, 3.8) is 0 Å². The zero-order valence-corrected chi connectivity index (χ0v) is 18.8. The third-order valence-electron chi connectivity index (χ3n) is 10.5. The lowest BCUT2D eigenvalue weighted by Crippen LogP contribution is -2.50. The molecular formula is C26H43NO2. The second-order valence-corrected chi connectivity index (χ2v) is 12.0. The highest BCUT2D eigenvalue weighted by Crippen LogP contribution is 2.64. The van der Waals surface area contributed by atoms with Crippen LogP contribution in [0, 0.1) is 46.8 Å². The largest absolute Gasteiger partial charge is 0.392 e. The van der Waals surface area contributed by atoms with Gasteiger partial charge in [0.05, 0.1) is 12.6 Å². The van der Waals surface area contributed by atoms with Gasteiger partial charge in [0.15, 0.2) is 0 Å². The molecular weight excluding hydrogens is 358 g/mol. The van der Waals surface area contributed by atoms with Crippen molar-refractivity contribution >= 4 is 5.78 Å². The fraction of sp³-hybridized carbons (Fsp3) is 0.962. The molecule has 0 aromatic carbocycles. The number of piperidine rings is 1. The van der Waals surface area contributed by atoms with E-state index >= 15 is 0 Å². The minimum atomic E-state index is -0.229. The number of fused-ring (bicyclic) bond motifs is 5. The lowest BCUT2D eigenvalue weighted by atomic mass is 9.49. The van der Waals surface area contributed by atoms with Crippen LogP contribution in [0.5, 0.6) is 0 Å². The number of ketones is 1. The van der Waals surface area contributed by atoms with E-state index in [9.17, 15) is 9.90 Å². The van der Waals surface area contributed by atoms with E-state index in [1.165, 1.54) is 51.4 Å². The topological polar surface area (TPSA) is 40.5 Å². The number of hydrogen-bond acceptors (Lipinski definition) is 3. The number of carbonyl (C=O) groups is 1. The molecule has 4 saturated carbocycles. The molecule has 29 heavy (non-hydrogen) atoms. The lowest BCUT2D eigenvalue weighted by molar-refractivity contribution is -0.132. The molecule has 9 unspecified atom stereocenters. The first kappa shape index (κ1) is 20.5. The predicted molar refractivity (Wildman–Crippen MR) is 116 cm³/mol. The summed E-state index contributed by atoms with van der Waals surface area (Å²) in [6, 6.07) is 0. The van der Waals surface area contributed by atoms with Crippen LogP contribution in [0.3, 0.4) is 0 Å². The van der Waals surface area contributed by atoms with Crippen molar-refractivity contribution in [3.8, 4) is 0 Å². The van der Waals surface area contributed by atoms with Crippen LogP contribution in [0.2, 0.25) is 0 Å². The maximum Gasteiger partial charge on any atom is 0.150 e. The summed E-state index contributed by atoms with van der Waals surface area (Å²) in [5.74, 6) is 6.38. The Bertz CT molecular complexity index is 620. The first-order valence-corrected chi connectivity index (χ1v) is 12.9. The Morgan fingerprint density at radius 2 is 1.83 bits per heavy atom. The predicted octanol–water partition coefficient (Wildman–Crippen LogP) is 4.92. The minimum Gasteiger partial charge on any atom is -0.392 e. The Morgan fingerprint density at radius 1 is 1.00 bits per heavy atom. The van der Waals surface area contributed by atoms with E-state index in [-0.39, 0.29) is 17.4 Å². The second-order valence-electron chi connectivity index (χ2n) is 12.0. The fourth-order valence-electron chi connectivity index (χ4n) is 9.12. The van der Waals surface area contributed by atoms with Gasteiger partial charge in [0, 0.05) is 12.5 Å². The highest BCUT2D eigenvalue weighted by Gasteiger charge is 2.58. The second kappa shape index (κ2) is 7.93. The summed E-state index contributed by atoms with van der Waals surface area (Å²) in [5, 5.41) is 9.98. The summed E-state index contributed by atoms with van der Waals surface area (Å²) in [6.07, 6.45) is 14.1. The molecule has 4 aliphatic carbocycles. The molecule has 1 N–H and O–H groups in total. The molecule has 0 amide bonds. The van der Waals surface area contributed by atoms with Crippen LogP contribution < -0.4 is 0 Å². The molecule has 0 aromatic heterocycles. The van der Waals surface area contributed by atoms with Crippen molar-refractivity contribution in [3.05, 3.63) is 0 Å². The molecule has 9 atom stereocenters. The number of nitrogens with zero attached hydrogens (tertiary/aromatic N) is 1. The Kier molecular flexibility index (Phi) is 5.60. The maximum absolute atomic E-state index is 13.4. The number of aliphatic hydroxyl groups excluding tert-OH is 1. The van der Waals surface area contributed by atoms with E-state index in [0.29, 0.717) is 18.9 Å². The molecule has 0 spiro atoms. The smallest absolute Gasteiger partial charge is 0.150 e. The van der Waals surface area contributed by atoms with Crippen molar-refractivity contribution in [1.82, 2.24) is 4.90 Å². The van der Waals surface area contributed by atoms with Gasteiger partial charge in [0.2, 0.25) is 0 Å². The van der Waals surface area contributed by atoms with Gasteiger partial charge in [-0.05, 0) is 112 Å². The van der Waals surface area contributed by atoms with Crippen molar-refractivity contribution in [2.75, 3.05) is 19.6 Å². The van der Waals surface area contributed by atoms with Gasteiger partial charge in [0.1, 0.15) is 5.78 Å². The first-order chi connectivity index (χ1) is 14.0. The Hall–Kier alpha value is -0.410. The standard InChI is InChI=1S/C26H43NO2/c1-17-5-7-20-18(14-17)6-8-22-21(20)11-12-26(2)23(22)9-10-24(26)25(29)16-27-13-3-4-19(28)15-27/h17-24,28H,3-16H2,1-2H3. The quantitative estimate of drug-likeness (QED) is 0.730. The van der Waals surface area contributed by atoms with Crippen molar-refractivity contribution < 1.29 is 9.90 Å². The molecule has 0 bridgehead atoms. The Morgan fingerprint density at radius 3 is 2.66 bits per heavy atom. The van der Waals surface area contributed by atoms with Crippen molar-refractivity contribution in [1.29, 1.82) is 0 Å². The number of β-amino-alcohol motifs (C(OH)–C–C–N with tert-alkyl or cyclic N) is 1. The van der Waals surface area contributed by atoms with E-state index in [0.717, 1.165) is 61.3 Å². The summed E-state index contributed by atoms with van der Waals surface area (Å²) in [4.78, 5) is 15.6. The van der Waals surface area contributed by atoms with Gasteiger partial charge in [-0.15, -0.1) is 0 Å². The van der Waals surface area contributed by atoms with E-state index < -0.39 is 0 Å². The molecule has 5 aliphatic rings. The molecule has 164 valence electrons. The van der Waals surface area contributed by atoms with E-state index in [2.05, 4.69) is 18.7 Å². The van der Waals surface area contributed by atoms with Gasteiger partial charge in [-0.1, -0.05) is 20.3 Å². The van der Waals surface area contributed by atoms with Crippen molar-refractivity contribution in [2.24, 2.45) is 46.8 Å². The number of likely N-dealkylation sites (tertiary alicyclic amines) is 1. The van der Waals surface area contributed by atoms with Gasteiger partial charge in [-0.2, -0.15) is 0 Å². The summed E-state index contributed by atoms with van der Waals surface area (Å²) < 4.78 is 0. The normalized spacial score (nSPS) is 50.4. The zero-order valence-electron chi connectivity index (χ0n) is 18.8. The molecule has 5 fully saturated rings. The third kappa shape index (κ3) is 3.63. The summed E-state index contributed by atoms with van der Waals surface area (Å²) in [5.41, 5.74) is 0.251. The van der Waals surface area contributed by atoms with Gasteiger partial charge in [0.25, 0.3) is 0 Å². The fourth-order valence-corrected chi connectivity index (χ4v) is 9.12. The molecule has 5 rings (SSSR count). The number of aliphatic hydroxyl groups is 1. The SMILES string of the molecule is CC1CCC2C(CCC3C2CCC2(C)C(C(=O)CN4CCCC(O)C4)CCC32)C1. The lowest BCUT2D eigenvalue weighted by Gasteiger charge is -2.56. The molecule has 0 aromatic rings. The van der Waals surface area contributed by atoms with Crippen LogP contribution in [0.1, 0.15) is 84.5 Å². The molecule has 3 nitrogen and oxygen atoms in total. The third-order valence-corrected chi connectivity index (χ3v) is 10.5. The molecule has 1 saturated heterocycles. The summed E-state index contributed by atoms with van der Waals surface area (Å²) in [7, 11) is 0. The molecule has 1 aliphatic heterocycles. The summed E-state index contributed by atoms with van der Waals surface area (Å²) >= 11 is 0. The minimum absolute atomic E-state index is 0.229. The number of Topliss-reactive ketones (excluding diaryl/α,β-unsaturated/α-hetero) is 1. The number of rotatable bonds is 3. The first-order valence-electron chi connectivity index (χ1n) is 12.9. The summed E-state index contributed by atoms with van der Waals surface area (Å²) in [6.45, 7) is 7.23. The van der Waals surface area contributed by atoms with E-state index in [1.54, 1.807) is 0 Å². The highest BCUT2D eigenvalue weighted by molar-refractivity contribution is 5.84. The van der Waals surface area contributed by atoms with Gasteiger partial charge in [-0.3, -0.25) is 9.69 Å². The maximum atomic E-state index is 13.4. The zero-order chi connectivity index (χ0) is 20.2. The van der Waals surface area contributed by atoms with Gasteiger partial charge >= 0.3 is 0 Å². The number of hydrogen-bond donors (Lipinski definition) is 1. The van der Waals surface area contributed by atoms with Crippen molar-refractivity contribution in [2.45, 2.75) is 90.6 Å².